The quantitative estimate of drug-likeness (QED) is 0.763. The van der Waals surface area contributed by atoms with Crippen LogP contribution in [-0.4, -0.2) is 51.3 Å². The Bertz CT molecular complexity index is 838. The van der Waals surface area contributed by atoms with E-state index < -0.39 is 6.61 Å². The van der Waals surface area contributed by atoms with E-state index in [4.69, 9.17) is 9.47 Å². The average molecular weight is 429 g/mol. The minimum atomic E-state index is -3.01. The van der Waals surface area contributed by atoms with Gasteiger partial charge in [0.2, 0.25) is 0 Å². The van der Waals surface area contributed by atoms with Crippen LogP contribution in [0.2, 0.25) is 0 Å². The third-order valence-electron chi connectivity index (χ3n) is 4.63. The Hall–Kier alpha value is -2.58. The number of carbonyl (C=O) groups is 1. The number of benzene rings is 2. The maximum atomic E-state index is 13.2. The van der Waals surface area contributed by atoms with Crippen LogP contribution in [0.1, 0.15) is 22.0 Å². The molecule has 1 aliphatic rings. The van der Waals surface area contributed by atoms with Gasteiger partial charge in [0.05, 0.1) is 20.3 Å². The summed E-state index contributed by atoms with van der Waals surface area (Å²) in [5.74, 6) is 0.371. The Balaban J connectivity index is 0.00000300. The Labute approximate surface area is 174 Å². The van der Waals surface area contributed by atoms with Crippen molar-refractivity contribution in [2.45, 2.75) is 12.7 Å². The molecule has 0 saturated carbocycles. The van der Waals surface area contributed by atoms with Crippen LogP contribution in [-0.2, 0) is 0 Å². The molecule has 3 rings (SSSR count). The van der Waals surface area contributed by atoms with Crippen LogP contribution in [0.25, 0.3) is 0 Å². The topological polar surface area (TPSA) is 60.0 Å². The number of halogens is 3. The van der Waals surface area contributed by atoms with Gasteiger partial charge in [0, 0.05) is 30.8 Å². The molecule has 1 aliphatic heterocycles. The lowest BCUT2D eigenvalue weighted by molar-refractivity contribution is -0.0512. The number of piperazine rings is 1. The molecule has 158 valence electrons. The van der Waals surface area contributed by atoms with Crippen molar-refractivity contribution in [1.82, 2.24) is 10.2 Å². The number of methoxy groups -OCH3 is 2. The molecule has 0 spiro atoms. The molecule has 1 heterocycles. The molecule has 1 N–H and O–H groups in total. The summed E-state index contributed by atoms with van der Waals surface area (Å²) in [6.07, 6.45) is 0. The summed E-state index contributed by atoms with van der Waals surface area (Å²) in [5.41, 5.74) is 1.13. The van der Waals surface area contributed by atoms with Gasteiger partial charge in [0.1, 0.15) is 5.75 Å². The van der Waals surface area contributed by atoms with Crippen LogP contribution >= 0.6 is 12.4 Å². The van der Waals surface area contributed by atoms with Crippen LogP contribution in [0.5, 0.6) is 17.2 Å². The first kappa shape index (κ1) is 22.7. The molecule has 6 nitrogen and oxygen atoms in total. The van der Waals surface area contributed by atoms with Crippen molar-refractivity contribution in [1.29, 1.82) is 0 Å². The third-order valence-corrected chi connectivity index (χ3v) is 4.63. The number of carbonyl (C=O) groups excluding carboxylic acids is 1. The monoisotopic (exact) mass is 428 g/mol. The minimum absolute atomic E-state index is 0. The fourth-order valence-electron chi connectivity index (χ4n) is 3.33. The first-order valence-electron chi connectivity index (χ1n) is 8.82. The summed E-state index contributed by atoms with van der Waals surface area (Å²) in [6, 6.07) is 11.5. The van der Waals surface area contributed by atoms with Gasteiger partial charge >= 0.3 is 6.61 Å². The second kappa shape index (κ2) is 10.3. The zero-order valence-electron chi connectivity index (χ0n) is 16.1. The van der Waals surface area contributed by atoms with Crippen molar-refractivity contribution in [3.63, 3.8) is 0 Å². The summed E-state index contributed by atoms with van der Waals surface area (Å²) < 4.78 is 40.4. The fourth-order valence-corrected chi connectivity index (χ4v) is 3.33. The lowest BCUT2D eigenvalue weighted by Gasteiger charge is -2.37. The SMILES string of the molecule is COc1ccc(C(=O)N2CCNCC2c2ccccc2OC)cc1OC(F)F.Cl. The summed E-state index contributed by atoms with van der Waals surface area (Å²) >= 11 is 0. The van der Waals surface area contributed by atoms with Crippen LogP contribution in [0.15, 0.2) is 42.5 Å². The molecule has 0 aliphatic carbocycles. The maximum absolute atomic E-state index is 13.2. The number of nitrogens with zero attached hydrogens (tertiary/aromatic N) is 1. The number of ether oxygens (including phenoxy) is 3. The van der Waals surface area contributed by atoms with Gasteiger partial charge in [-0.2, -0.15) is 8.78 Å². The van der Waals surface area contributed by atoms with E-state index in [0.29, 0.717) is 25.4 Å². The molecular formula is C20H23ClF2N2O4. The van der Waals surface area contributed by atoms with E-state index in [2.05, 4.69) is 10.1 Å². The largest absolute Gasteiger partial charge is 0.496 e. The van der Waals surface area contributed by atoms with Gasteiger partial charge in [0.25, 0.3) is 5.91 Å². The van der Waals surface area contributed by atoms with Crippen molar-refractivity contribution >= 4 is 18.3 Å². The number of rotatable bonds is 6. The maximum Gasteiger partial charge on any atom is 0.387 e. The molecule has 1 atom stereocenters. The molecule has 29 heavy (non-hydrogen) atoms. The summed E-state index contributed by atoms with van der Waals surface area (Å²) in [7, 11) is 2.93. The third kappa shape index (κ3) is 5.07. The van der Waals surface area contributed by atoms with Gasteiger partial charge in [-0.1, -0.05) is 18.2 Å². The summed E-state index contributed by atoms with van der Waals surface area (Å²) in [4.78, 5) is 14.9. The highest BCUT2D eigenvalue weighted by Crippen LogP contribution is 2.33. The van der Waals surface area contributed by atoms with Gasteiger partial charge in [-0.3, -0.25) is 4.79 Å². The van der Waals surface area contributed by atoms with Gasteiger partial charge in [0.15, 0.2) is 11.5 Å². The van der Waals surface area contributed by atoms with Crippen LogP contribution < -0.4 is 19.5 Å². The average Bonchev–Trinajstić information content (AvgIpc) is 2.72. The van der Waals surface area contributed by atoms with E-state index in [1.165, 1.54) is 19.2 Å². The lowest BCUT2D eigenvalue weighted by atomic mass is 10.0. The number of hydrogen-bond donors (Lipinski definition) is 1. The Morgan fingerprint density at radius 1 is 1.10 bits per heavy atom. The highest BCUT2D eigenvalue weighted by molar-refractivity contribution is 5.95. The lowest BCUT2D eigenvalue weighted by Crippen LogP contribution is -2.48. The van der Waals surface area contributed by atoms with Crippen molar-refractivity contribution in [2.75, 3.05) is 33.9 Å². The van der Waals surface area contributed by atoms with E-state index >= 15 is 0 Å². The number of alkyl halides is 2. The van der Waals surface area contributed by atoms with E-state index in [0.717, 1.165) is 5.56 Å². The Morgan fingerprint density at radius 3 is 2.52 bits per heavy atom. The number of hydrogen-bond acceptors (Lipinski definition) is 5. The number of nitrogens with one attached hydrogen (secondary N) is 1. The van der Waals surface area contributed by atoms with E-state index in [9.17, 15) is 13.6 Å². The second-order valence-electron chi connectivity index (χ2n) is 6.20. The first-order valence-corrected chi connectivity index (χ1v) is 8.82. The van der Waals surface area contributed by atoms with Gasteiger partial charge < -0.3 is 24.4 Å². The molecule has 0 aromatic heterocycles. The molecule has 1 saturated heterocycles. The summed E-state index contributed by atoms with van der Waals surface area (Å²) in [5, 5.41) is 3.28. The fraction of sp³-hybridized carbons (Fsp3) is 0.350. The van der Waals surface area contributed by atoms with Gasteiger partial charge in [-0.15, -0.1) is 12.4 Å². The van der Waals surface area contributed by atoms with Crippen LogP contribution in [0, 0.1) is 0 Å². The molecule has 1 amide bonds. The van der Waals surface area contributed by atoms with Crippen molar-refractivity contribution in [2.24, 2.45) is 0 Å². The summed E-state index contributed by atoms with van der Waals surface area (Å²) in [6.45, 7) is -1.35. The van der Waals surface area contributed by atoms with E-state index in [1.54, 1.807) is 18.1 Å². The number of para-hydroxylation sites is 1. The standard InChI is InChI=1S/C20H22F2N2O4.ClH/c1-26-16-6-4-3-5-14(16)15-12-23-9-10-24(15)19(25)13-7-8-17(27-2)18(11-13)28-20(21)22;/h3-8,11,15,20,23H,9-10,12H2,1-2H3;1H. The zero-order chi connectivity index (χ0) is 20.1. The Morgan fingerprint density at radius 2 is 1.83 bits per heavy atom. The molecule has 0 radical (unpaired) electrons. The molecule has 2 aromatic carbocycles. The van der Waals surface area contributed by atoms with Crippen molar-refractivity contribution < 1.29 is 27.8 Å². The molecule has 1 fully saturated rings. The van der Waals surface area contributed by atoms with Crippen LogP contribution in [0.4, 0.5) is 8.78 Å². The predicted octanol–water partition coefficient (Wildman–Crippen LogP) is 3.51. The second-order valence-corrected chi connectivity index (χ2v) is 6.20. The van der Waals surface area contributed by atoms with Crippen molar-refractivity contribution in [3.05, 3.63) is 53.6 Å². The molecule has 9 heteroatoms. The predicted molar refractivity (Wildman–Crippen MR) is 107 cm³/mol. The van der Waals surface area contributed by atoms with Crippen LogP contribution in [0.3, 0.4) is 0 Å². The smallest absolute Gasteiger partial charge is 0.387 e. The number of amides is 1. The molecular weight excluding hydrogens is 406 g/mol. The molecule has 0 bridgehead atoms. The highest BCUT2D eigenvalue weighted by Gasteiger charge is 2.31. The van der Waals surface area contributed by atoms with E-state index in [-0.39, 0.29) is 41.4 Å². The molecule has 2 aromatic rings. The normalized spacial score (nSPS) is 16.2. The molecule has 1 unspecified atom stereocenters. The zero-order valence-corrected chi connectivity index (χ0v) is 16.9. The first-order chi connectivity index (χ1) is 13.5. The minimum Gasteiger partial charge on any atom is -0.496 e. The van der Waals surface area contributed by atoms with Crippen molar-refractivity contribution in [3.8, 4) is 17.2 Å². The van der Waals surface area contributed by atoms with Gasteiger partial charge in [-0.25, -0.2) is 0 Å². The van der Waals surface area contributed by atoms with Gasteiger partial charge in [-0.05, 0) is 24.3 Å². The highest BCUT2D eigenvalue weighted by atomic mass is 35.5. The Kier molecular flexibility index (Phi) is 8.04. The van der Waals surface area contributed by atoms with E-state index in [1.807, 2.05) is 24.3 Å².